The van der Waals surface area contributed by atoms with Crippen LogP contribution in [0.15, 0.2) is 18.3 Å². The Morgan fingerprint density at radius 3 is 2.80 bits per heavy atom. The lowest BCUT2D eigenvalue weighted by atomic mass is 10.5. The summed E-state index contributed by atoms with van der Waals surface area (Å²) in [6, 6.07) is 3.70. The highest BCUT2D eigenvalue weighted by atomic mass is 16.2. The molecule has 1 aromatic heterocycles. The van der Waals surface area contributed by atoms with Crippen molar-refractivity contribution in [3.63, 3.8) is 0 Å². The third kappa shape index (κ3) is 1.18. The SMILES string of the molecule is CC(=O)N(C)c1ccc[nH]1. The van der Waals surface area contributed by atoms with Crippen molar-refractivity contribution in [3.8, 4) is 0 Å². The summed E-state index contributed by atoms with van der Waals surface area (Å²) in [5, 5.41) is 0. The van der Waals surface area contributed by atoms with Crippen molar-refractivity contribution in [2.75, 3.05) is 11.9 Å². The molecule has 0 saturated heterocycles. The molecule has 0 aliphatic rings. The van der Waals surface area contributed by atoms with E-state index in [0.29, 0.717) is 0 Å². The van der Waals surface area contributed by atoms with Gasteiger partial charge >= 0.3 is 0 Å². The molecular formula is C7H10N2O. The highest BCUT2D eigenvalue weighted by molar-refractivity contribution is 5.89. The van der Waals surface area contributed by atoms with E-state index >= 15 is 0 Å². The summed E-state index contributed by atoms with van der Waals surface area (Å²) in [6.45, 7) is 1.53. The van der Waals surface area contributed by atoms with Crippen molar-refractivity contribution >= 4 is 11.7 Å². The number of rotatable bonds is 1. The van der Waals surface area contributed by atoms with Crippen LogP contribution in [0.2, 0.25) is 0 Å². The van der Waals surface area contributed by atoms with E-state index in [2.05, 4.69) is 4.98 Å². The third-order valence-corrected chi connectivity index (χ3v) is 1.42. The number of carbonyl (C=O) groups is 1. The zero-order valence-electron chi connectivity index (χ0n) is 6.09. The van der Waals surface area contributed by atoms with Crippen LogP contribution < -0.4 is 4.90 Å². The number of carbonyl (C=O) groups excluding carboxylic acids is 1. The lowest BCUT2D eigenvalue weighted by molar-refractivity contribution is -0.116. The minimum absolute atomic E-state index is 0.0300. The fraction of sp³-hybridized carbons (Fsp3) is 0.286. The number of nitrogens with one attached hydrogen (secondary N) is 1. The highest BCUT2D eigenvalue weighted by Gasteiger charge is 2.03. The molecule has 1 aromatic rings. The summed E-state index contributed by atoms with van der Waals surface area (Å²) in [5.41, 5.74) is 0. The molecule has 0 radical (unpaired) electrons. The number of H-pyrrole nitrogens is 1. The van der Waals surface area contributed by atoms with Crippen molar-refractivity contribution in [2.45, 2.75) is 6.92 Å². The van der Waals surface area contributed by atoms with Gasteiger partial charge in [-0.2, -0.15) is 0 Å². The number of hydrogen-bond donors (Lipinski definition) is 1. The topological polar surface area (TPSA) is 36.1 Å². The van der Waals surface area contributed by atoms with Gasteiger partial charge in [0.2, 0.25) is 5.91 Å². The van der Waals surface area contributed by atoms with Crippen LogP contribution in [0.1, 0.15) is 6.92 Å². The van der Waals surface area contributed by atoms with Crippen LogP contribution in [0.25, 0.3) is 0 Å². The Kier molecular flexibility index (Phi) is 1.76. The Morgan fingerprint density at radius 1 is 1.70 bits per heavy atom. The first-order valence-corrected chi connectivity index (χ1v) is 3.09. The predicted molar refractivity (Wildman–Crippen MR) is 39.9 cm³/mol. The molecular weight excluding hydrogens is 128 g/mol. The molecule has 0 aromatic carbocycles. The molecule has 0 atom stereocenters. The Hall–Kier alpha value is -1.25. The molecule has 0 bridgehead atoms. The van der Waals surface area contributed by atoms with Crippen LogP contribution in [0, 0.1) is 0 Å². The second-order valence-electron chi connectivity index (χ2n) is 2.13. The lowest BCUT2D eigenvalue weighted by Crippen LogP contribution is -2.22. The number of aromatic nitrogens is 1. The van der Waals surface area contributed by atoms with Crippen LogP contribution >= 0.6 is 0 Å². The van der Waals surface area contributed by atoms with Gasteiger partial charge in [0.25, 0.3) is 0 Å². The molecule has 1 N–H and O–H groups in total. The molecule has 0 fully saturated rings. The van der Waals surface area contributed by atoms with Gasteiger partial charge in [0.1, 0.15) is 5.82 Å². The van der Waals surface area contributed by atoms with Gasteiger partial charge in [-0.25, -0.2) is 0 Å². The molecule has 0 aliphatic heterocycles. The van der Waals surface area contributed by atoms with E-state index in [4.69, 9.17) is 0 Å². The van der Waals surface area contributed by atoms with Crippen molar-refractivity contribution in [2.24, 2.45) is 0 Å². The molecule has 0 spiro atoms. The maximum Gasteiger partial charge on any atom is 0.224 e. The number of anilines is 1. The minimum atomic E-state index is 0.0300. The number of hydrogen-bond acceptors (Lipinski definition) is 1. The number of aromatic amines is 1. The minimum Gasteiger partial charge on any atom is -0.348 e. The van der Waals surface area contributed by atoms with Gasteiger partial charge in [-0.15, -0.1) is 0 Å². The zero-order chi connectivity index (χ0) is 7.56. The molecule has 3 nitrogen and oxygen atoms in total. The highest BCUT2D eigenvalue weighted by Crippen LogP contribution is 2.06. The van der Waals surface area contributed by atoms with E-state index in [1.165, 1.54) is 6.92 Å². The van der Waals surface area contributed by atoms with Crippen molar-refractivity contribution < 1.29 is 4.79 Å². The van der Waals surface area contributed by atoms with Crippen LogP contribution in [-0.4, -0.2) is 17.9 Å². The first-order valence-electron chi connectivity index (χ1n) is 3.09. The summed E-state index contributed by atoms with van der Waals surface area (Å²) in [5.74, 6) is 0.856. The van der Waals surface area contributed by atoms with Crippen molar-refractivity contribution in [3.05, 3.63) is 18.3 Å². The number of amides is 1. The smallest absolute Gasteiger partial charge is 0.224 e. The van der Waals surface area contributed by atoms with E-state index in [0.717, 1.165) is 5.82 Å². The predicted octanol–water partition coefficient (Wildman–Crippen LogP) is 0.997. The maximum absolute atomic E-state index is 10.7. The molecule has 0 saturated carbocycles. The Labute approximate surface area is 59.7 Å². The Morgan fingerprint density at radius 2 is 2.40 bits per heavy atom. The molecule has 10 heavy (non-hydrogen) atoms. The number of nitrogens with zero attached hydrogens (tertiary/aromatic N) is 1. The Bertz CT molecular complexity index is 216. The summed E-state index contributed by atoms with van der Waals surface area (Å²) in [6.07, 6.45) is 1.79. The van der Waals surface area contributed by atoms with E-state index in [9.17, 15) is 4.79 Å². The van der Waals surface area contributed by atoms with Gasteiger partial charge in [0, 0.05) is 20.2 Å². The van der Waals surface area contributed by atoms with Crippen LogP contribution in [0.3, 0.4) is 0 Å². The molecule has 0 aliphatic carbocycles. The van der Waals surface area contributed by atoms with Gasteiger partial charge in [0.05, 0.1) is 0 Å². The van der Waals surface area contributed by atoms with Gasteiger partial charge in [0.15, 0.2) is 0 Å². The van der Waals surface area contributed by atoms with Gasteiger partial charge in [-0.05, 0) is 12.1 Å². The second kappa shape index (κ2) is 2.56. The average Bonchev–Trinajstić information content (AvgIpc) is 2.36. The van der Waals surface area contributed by atoms with Crippen LogP contribution in [-0.2, 0) is 4.79 Å². The first kappa shape index (κ1) is 6.86. The van der Waals surface area contributed by atoms with Crippen LogP contribution in [0.4, 0.5) is 5.82 Å². The molecule has 1 rings (SSSR count). The second-order valence-corrected chi connectivity index (χ2v) is 2.13. The van der Waals surface area contributed by atoms with E-state index in [1.807, 2.05) is 12.1 Å². The molecule has 54 valence electrons. The first-order chi connectivity index (χ1) is 4.72. The van der Waals surface area contributed by atoms with Gasteiger partial charge in [-0.3, -0.25) is 4.79 Å². The standard InChI is InChI=1S/C7H10N2O/c1-6(10)9(2)7-4-3-5-8-7/h3-5,8H,1-2H3. The third-order valence-electron chi connectivity index (χ3n) is 1.42. The summed E-state index contributed by atoms with van der Waals surface area (Å²) < 4.78 is 0. The summed E-state index contributed by atoms with van der Waals surface area (Å²) in [7, 11) is 1.73. The quantitative estimate of drug-likeness (QED) is 0.617. The van der Waals surface area contributed by atoms with Crippen LogP contribution in [0.5, 0.6) is 0 Å². The molecule has 1 heterocycles. The molecule has 1 amide bonds. The Balaban J connectivity index is 2.77. The fourth-order valence-electron chi connectivity index (χ4n) is 0.699. The van der Waals surface area contributed by atoms with Crippen molar-refractivity contribution in [1.29, 1.82) is 0 Å². The summed E-state index contributed by atoms with van der Waals surface area (Å²) in [4.78, 5) is 15.2. The summed E-state index contributed by atoms with van der Waals surface area (Å²) >= 11 is 0. The van der Waals surface area contributed by atoms with E-state index in [-0.39, 0.29) is 5.91 Å². The monoisotopic (exact) mass is 138 g/mol. The normalized spacial score (nSPS) is 9.40. The molecule has 0 unspecified atom stereocenters. The maximum atomic E-state index is 10.7. The van der Waals surface area contributed by atoms with Crippen molar-refractivity contribution in [1.82, 2.24) is 4.98 Å². The van der Waals surface area contributed by atoms with E-state index < -0.39 is 0 Å². The molecule has 3 heteroatoms. The lowest BCUT2D eigenvalue weighted by Gasteiger charge is -2.11. The fourth-order valence-corrected chi connectivity index (χ4v) is 0.699. The zero-order valence-corrected chi connectivity index (χ0v) is 6.09. The largest absolute Gasteiger partial charge is 0.348 e. The average molecular weight is 138 g/mol. The van der Waals surface area contributed by atoms with Gasteiger partial charge in [-0.1, -0.05) is 0 Å². The van der Waals surface area contributed by atoms with Gasteiger partial charge < -0.3 is 9.88 Å². The van der Waals surface area contributed by atoms with E-state index in [1.54, 1.807) is 18.1 Å².